The molecule has 0 bridgehead atoms. The van der Waals surface area contributed by atoms with E-state index in [0.29, 0.717) is 5.69 Å². The number of benzene rings is 1. The summed E-state index contributed by atoms with van der Waals surface area (Å²) in [6.45, 7) is 1.45. The van der Waals surface area contributed by atoms with Crippen molar-refractivity contribution in [3.63, 3.8) is 0 Å². The number of carbonyl (C=O) groups is 3. The minimum atomic E-state index is -0.682. The van der Waals surface area contributed by atoms with E-state index in [1.165, 1.54) is 6.08 Å². The van der Waals surface area contributed by atoms with Gasteiger partial charge in [-0.1, -0.05) is 29.8 Å². The monoisotopic (exact) mass is 326 g/mol. The van der Waals surface area contributed by atoms with Gasteiger partial charge in [-0.2, -0.15) is 0 Å². The third-order valence-electron chi connectivity index (χ3n) is 3.26. The number of esters is 1. The minimum absolute atomic E-state index is 0.342. The first-order valence-electron chi connectivity index (χ1n) is 7.33. The molecule has 0 aliphatic carbocycles. The largest absolute Gasteiger partial charge is 0.452 e. The lowest BCUT2D eigenvalue weighted by atomic mass is 10.1. The smallest absolute Gasteiger partial charge is 0.331 e. The second-order valence-electron chi connectivity index (χ2n) is 5.23. The molecule has 0 unspecified atom stereocenters. The Kier molecular flexibility index (Phi) is 5.68. The standard InChI is InChI=1S/C18H18N2O4/c1-13-5-7-14(8-6-13)9-10-17(22)24-12-16(21)19-18(23)15-4-3-11-20(15)2/h3-11H,12H2,1-2H3,(H,19,21,23)/b10-9+. The van der Waals surface area contributed by atoms with Crippen molar-refractivity contribution in [3.05, 3.63) is 65.5 Å². The van der Waals surface area contributed by atoms with Crippen LogP contribution in [0.1, 0.15) is 21.6 Å². The number of aromatic nitrogens is 1. The molecule has 1 heterocycles. The summed E-state index contributed by atoms with van der Waals surface area (Å²) in [5.74, 6) is -1.88. The molecule has 124 valence electrons. The van der Waals surface area contributed by atoms with Gasteiger partial charge in [-0.25, -0.2) is 4.79 Å². The predicted molar refractivity (Wildman–Crippen MR) is 89.1 cm³/mol. The molecule has 2 amide bonds. The highest BCUT2D eigenvalue weighted by atomic mass is 16.5. The van der Waals surface area contributed by atoms with Crippen LogP contribution in [0.5, 0.6) is 0 Å². The van der Waals surface area contributed by atoms with Crippen LogP contribution >= 0.6 is 0 Å². The molecule has 6 nitrogen and oxygen atoms in total. The molecule has 2 aromatic rings. The van der Waals surface area contributed by atoms with Crippen LogP contribution in [0.2, 0.25) is 0 Å². The summed E-state index contributed by atoms with van der Waals surface area (Å²) in [6, 6.07) is 10.9. The topological polar surface area (TPSA) is 77.4 Å². The average molecular weight is 326 g/mol. The van der Waals surface area contributed by atoms with Gasteiger partial charge in [-0.3, -0.25) is 14.9 Å². The normalized spacial score (nSPS) is 10.6. The number of rotatable bonds is 5. The summed E-state index contributed by atoms with van der Waals surface area (Å²) in [7, 11) is 1.69. The van der Waals surface area contributed by atoms with Gasteiger partial charge in [0.15, 0.2) is 6.61 Å². The van der Waals surface area contributed by atoms with Gasteiger partial charge in [0.1, 0.15) is 5.69 Å². The fourth-order valence-electron chi connectivity index (χ4n) is 1.95. The maximum absolute atomic E-state index is 11.8. The van der Waals surface area contributed by atoms with E-state index < -0.39 is 24.4 Å². The number of hydrogen-bond acceptors (Lipinski definition) is 4. The molecule has 0 atom stereocenters. The van der Waals surface area contributed by atoms with Gasteiger partial charge in [0.25, 0.3) is 11.8 Å². The molecular weight excluding hydrogens is 308 g/mol. The number of nitrogens with one attached hydrogen (secondary N) is 1. The Labute approximate surface area is 139 Å². The zero-order valence-corrected chi connectivity index (χ0v) is 13.5. The number of carbonyl (C=O) groups excluding carboxylic acids is 3. The van der Waals surface area contributed by atoms with Crippen molar-refractivity contribution in [1.82, 2.24) is 9.88 Å². The van der Waals surface area contributed by atoms with Crippen LogP contribution < -0.4 is 5.32 Å². The molecule has 2 rings (SSSR count). The van der Waals surface area contributed by atoms with Crippen molar-refractivity contribution < 1.29 is 19.1 Å². The van der Waals surface area contributed by atoms with Gasteiger partial charge in [0.2, 0.25) is 0 Å². The number of aryl methyl sites for hydroxylation is 2. The lowest BCUT2D eigenvalue weighted by Crippen LogP contribution is -2.34. The fraction of sp³-hybridized carbons (Fsp3) is 0.167. The molecule has 0 fully saturated rings. The Hall–Kier alpha value is -3.15. The molecule has 0 radical (unpaired) electrons. The maximum atomic E-state index is 11.8. The molecule has 6 heteroatoms. The van der Waals surface area contributed by atoms with Gasteiger partial charge in [-0.15, -0.1) is 0 Å². The van der Waals surface area contributed by atoms with Crippen LogP contribution in [-0.4, -0.2) is 29.0 Å². The Balaban J connectivity index is 1.79. The molecule has 0 saturated heterocycles. The third kappa shape index (κ3) is 4.95. The van der Waals surface area contributed by atoms with E-state index in [-0.39, 0.29) is 0 Å². The van der Waals surface area contributed by atoms with Crippen molar-refractivity contribution in [2.75, 3.05) is 6.61 Å². The summed E-state index contributed by atoms with van der Waals surface area (Å²) >= 11 is 0. The molecule has 1 N–H and O–H groups in total. The number of imide groups is 1. The number of amides is 2. The quantitative estimate of drug-likeness (QED) is 0.672. The van der Waals surface area contributed by atoms with Crippen molar-refractivity contribution in [1.29, 1.82) is 0 Å². The highest BCUT2D eigenvalue weighted by molar-refractivity contribution is 6.04. The van der Waals surface area contributed by atoms with Gasteiger partial charge in [0, 0.05) is 19.3 Å². The Bertz CT molecular complexity index is 773. The molecule has 1 aromatic carbocycles. The summed E-state index contributed by atoms with van der Waals surface area (Å²) < 4.78 is 6.38. The number of hydrogen-bond donors (Lipinski definition) is 1. The van der Waals surface area contributed by atoms with Crippen LogP contribution in [0.25, 0.3) is 6.08 Å². The minimum Gasteiger partial charge on any atom is -0.452 e. The zero-order chi connectivity index (χ0) is 17.5. The van der Waals surface area contributed by atoms with Crippen molar-refractivity contribution in [2.45, 2.75) is 6.92 Å². The molecule has 0 aliphatic rings. The van der Waals surface area contributed by atoms with Crippen LogP contribution in [0.4, 0.5) is 0 Å². The number of ether oxygens (including phenoxy) is 1. The lowest BCUT2D eigenvalue weighted by molar-refractivity contribution is -0.143. The van der Waals surface area contributed by atoms with E-state index in [2.05, 4.69) is 5.32 Å². The third-order valence-corrected chi connectivity index (χ3v) is 3.26. The van der Waals surface area contributed by atoms with Crippen molar-refractivity contribution in [3.8, 4) is 0 Å². The van der Waals surface area contributed by atoms with Crippen molar-refractivity contribution >= 4 is 23.9 Å². The van der Waals surface area contributed by atoms with E-state index in [0.717, 1.165) is 11.1 Å². The average Bonchev–Trinajstić information content (AvgIpc) is 2.98. The van der Waals surface area contributed by atoms with Crippen LogP contribution in [-0.2, 0) is 21.4 Å². The molecule has 1 aromatic heterocycles. The van der Waals surface area contributed by atoms with Gasteiger partial charge in [0.05, 0.1) is 0 Å². The van der Waals surface area contributed by atoms with Gasteiger partial charge < -0.3 is 9.30 Å². The highest BCUT2D eigenvalue weighted by Crippen LogP contribution is 2.05. The maximum Gasteiger partial charge on any atom is 0.331 e. The fourth-order valence-corrected chi connectivity index (χ4v) is 1.95. The first-order valence-corrected chi connectivity index (χ1v) is 7.33. The molecule has 0 spiro atoms. The number of nitrogens with zero attached hydrogens (tertiary/aromatic N) is 1. The summed E-state index contributed by atoms with van der Waals surface area (Å²) in [6.07, 6.45) is 4.51. The first-order chi connectivity index (χ1) is 11.5. The Morgan fingerprint density at radius 2 is 1.88 bits per heavy atom. The van der Waals surface area contributed by atoms with Crippen LogP contribution in [0, 0.1) is 6.92 Å². The van der Waals surface area contributed by atoms with Gasteiger partial charge in [-0.05, 0) is 30.7 Å². The van der Waals surface area contributed by atoms with E-state index in [9.17, 15) is 14.4 Å². The Morgan fingerprint density at radius 3 is 2.50 bits per heavy atom. The van der Waals surface area contributed by atoms with E-state index in [1.807, 2.05) is 31.2 Å². The summed E-state index contributed by atoms with van der Waals surface area (Å²) in [5.41, 5.74) is 2.31. The van der Waals surface area contributed by atoms with E-state index in [1.54, 1.807) is 36.0 Å². The molecule has 24 heavy (non-hydrogen) atoms. The van der Waals surface area contributed by atoms with E-state index in [4.69, 9.17) is 4.74 Å². The summed E-state index contributed by atoms with van der Waals surface area (Å²) in [5, 5.41) is 2.16. The second-order valence-corrected chi connectivity index (χ2v) is 5.23. The molecule has 0 saturated carbocycles. The first kappa shape index (κ1) is 17.2. The van der Waals surface area contributed by atoms with Crippen LogP contribution in [0.3, 0.4) is 0 Å². The molecular formula is C18H18N2O4. The molecule has 0 aliphatic heterocycles. The summed E-state index contributed by atoms with van der Waals surface area (Å²) in [4.78, 5) is 35.0. The highest BCUT2D eigenvalue weighted by Gasteiger charge is 2.13. The zero-order valence-electron chi connectivity index (χ0n) is 13.5. The predicted octanol–water partition coefficient (Wildman–Crippen LogP) is 1.85. The lowest BCUT2D eigenvalue weighted by Gasteiger charge is -2.05. The Morgan fingerprint density at radius 1 is 1.17 bits per heavy atom. The SMILES string of the molecule is Cc1ccc(/C=C/C(=O)OCC(=O)NC(=O)c2cccn2C)cc1. The van der Waals surface area contributed by atoms with Crippen molar-refractivity contribution in [2.24, 2.45) is 7.05 Å². The van der Waals surface area contributed by atoms with Crippen LogP contribution in [0.15, 0.2) is 48.7 Å². The second kappa shape index (κ2) is 7.92. The van der Waals surface area contributed by atoms with E-state index >= 15 is 0 Å². The van der Waals surface area contributed by atoms with Gasteiger partial charge >= 0.3 is 5.97 Å².